The zero-order valence-electron chi connectivity index (χ0n) is 10.6. The van der Waals surface area contributed by atoms with E-state index in [1.165, 1.54) is 21.8 Å². The molecule has 1 N–H and O–H groups in total. The van der Waals surface area contributed by atoms with Crippen LogP contribution < -0.4 is 0 Å². The van der Waals surface area contributed by atoms with E-state index in [-0.39, 0.29) is 10.9 Å². The van der Waals surface area contributed by atoms with E-state index in [2.05, 4.69) is 15.1 Å². The first-order chi connectivity index (χ1) is 9.65. The molecule has 0 unspecified atom stereocenters. The highest BCUT2D eigenvalue weighted by atomic mass is 35.5. The number of aryl methyl sites for hydroxylation is 1. The van der Waals surface area contributed by atoms with Gasteiger partial charge in [-0.25, -0.2) is 4.98 Å². The van der Waals surface area contributed by atoms with Crippen LogP contribution in [0, 0.1) is 6.92 Å². The van der Waals surface area contributed by atoms with Gasteiger partial charge in [-0.15, -0.1) is 5.10 Å². The van der Waals surface area contributed by atoms with Crippen molar-refractivity contribution in [2.45, 2.75) is 17.8 Å². The zero-order valence-corrected chi connectivity index (χ0v) is 12.2. The van der Waals surface area contributed by atoms with Crippen molar-refractivity contribution in [3.8, 4) is 5.88 Å². The van der Waals surface area contributed by atoms with E-state index in [1.807, 2.05) is 30.3 Å². The Morgan fingerprint density at radius 1 is 1.25 bits per heavy atom. The standard InChI is InChI=1S/C13H11ClN4OS/c1-8-10(14)11(19)18-12(15-8)16-13(17-18)20-7-9-5-3-2-4-6-9/h2-6,19H,7H2,1H3. The van der Waals surface area contributed by atoms with Crippen LogP contribution in [0.1, 0.15) is 11.3 Å². The largest absolute Gasteiger partial charge is 0.492 e. The Morgan fingerprint density at radius 2 is 2.00 bits per heavy atom. The smallest absolute Gasteiger partial charge is 0.256 e. The number of rotatable bonds is 3. The van der Waals surface area contributed by atoms with Crippen molar-refractivity contribution in [3.63, 3.8) is 0 Å². The summed E-state index contributed by atoms with van der Waals surface area (Å²) in [6, 6.07) is 10.0. The summed E-state index contributed by atoms with van der Waals surface area (Å²) < 4.78 is 1.25. The van der Waals surface area contributed by atoms with Gasteiger partial charge in [-0.3, -0.25) is 0 Å². The van der Waals surface area contributed by atoms with Gasteiger partial charge in [0.15, 0.2) is 0 Å². The number of nitrogens with zero attached hydrogens (tertiary/aromatic N) is 4. The quantitative estimate of drug-likeness (QED) is 0.753. The molecule has 0 saturated heterocycles. The second-order valence-electron chi connectivity index (χ2n) is 4.22. The van der Waals surface area contributed by atoms with Crippen molar-refractivity contribution in [2.75, 3.05) is 0 Å². The van der Waals surface area contributed by atoms with Gasteiger partial charge in [0.2, 0.25) is 11.0 Å². The molecule has 1 aromatic carbocycles. The summed E-state index contributed by atoms with van der Waals surface area (Å²) in [6.07, 6.45) is 0. The van der Waals surface area contributed by atoms with E-state index in [1.54, 1.807) is 6.92 Å². The van der Waals surface area contributed by atoms with E-state index in [4.69, 9.17) is 11.6 Å². The Balaban J connectivity index is 1.88. The van der Waals surface area contributed by atoms with Gasteiger partial charge in [-0.05, 0) is 12.5 Å². The molecule has 102 valence electrons. The highest BCUT2D eigenvalue weighted by molar-refractivity contribution is 7.98. The Bertz CT molecular complexity index is 760. The van der Waals surface area contributed by atoms with Crippen molar-refractivity contribution < 1.29 is 5.11 Å². The molecule has 7 heteroatoms. The molecule has 0 radical (unpaired) electrons. The van der Waals surface area contributed by atoms with Crippen LogP contribution in [0.5, 0.6) is 5.88 Å². The molecule has 0 saturated carbocycles. The Kier molecular flexibility index (Phi) is 3.50. The van der Waals surface area contributed by atoms with Crippen LogP contribution in [0.4, 0.5) is 0 Å². The molecule has 20 heavy (non-hydrogen) atoms. The second kappa shape index (κ2) is 5.30. The van der Waals surface area contributed by atoms with E-state index in [9.17, 15) is 5.11 Å². The molecule has 0 bridgehead atoms. The predicted octanol–water partition coefficient (Wildman–Crippen LogP) is 3.08. The maximum atomic E-state index is 9.92. The molecule has 2 aromatic heterocycles. The van der Waals surface area contributed by atoms with E-state index >= 15 is 0 Å². The molecule has 0 aliphatic carbocycles. The Labute approximate surface area is 124 Å². The topological polar surface area (TPSA) is 63.3 Å². The van der Waals surface area contributed by atoms with Crippen molar-refractivity contribution >= 4 is 29.1 Å². The normalized spacial score (nSPS) is 11.1. The number of aromatic hydroxyl groups is 1. The molecule has 0 amide bonds. The lowest BCUT2D eigenvalue weighted by Gasteiger charge is -2.00. The summed E-state index contributed by atoms with van der Waals surface area (Å²) in [4.78, 5) is 8.47. The fourth-order valence-corrected chi connectivity index (χ4v) is 2.63. The van der Waals surface area contributed by atoms with Crippen LogP contribution in [0.15, 0.2) is 35.5 Å². The lowest BCUT2D eigenvalue weighted by Crippen LogP contribution is -1.95. The summed E-state index contributed by atoms with van der Waals surface area (Å²) in [5, 5.41) is 14.9. The summed E-state index contributed by atoms with van der Waals surface area (Å²) in [5.41, 5.74) is 1.71. The number of fused-ring (bicyclic) bond motifs is 1. The molecule has 0 aliphatic heterocycles. The van der Waals surface area contributed by atoms with Gasteiger partial charge in [-0.1, -0.05) is 53.7 Å². The maximum absolute atomic E-state index is 9.92. The number of benzene rings is 1. The number of hydrogen-bond donors (Lipinski definition) is 1. The lowest BCUT2D eigenvalue weighted by atomic mass is 10.2. The number of aromatic nitrogens is 4. The van der Waals surface area contributed by atoms with Gasteiger partial charge in [0.25, 0.3) is 5.78 Å². The van der Waals surface area contributed by atoms with Crippen LogP contribution >= 0.6 is 23.4 Å². The molecule has 0 fully saturated rings. The first-order valence-corrected chi connectivity index (χ1v) is 7.30. The van der Waals surface area contributed by atoms with E-state index < -0.39 is 0 Å². The number of halogens is 1. The van der Waals surface area contributed by atoms with Gasteiger partial charge in [0.1, 0.15) is 5.02 Å². The monoisotopic (exact) mass is 306 g/mol. The minimum atomic E-state index is -0.131. The first-order valence-electron chi connectivity index (χ1n) is 5.93. The summed E-state index contributed by atoms with van der Waals surface area (Å²) in [5.74, 6) is 0.971. The Morgan fingerprint density at radius 3 is 2.75 bits per heavy atom. The molecule has 5 nitrogen and oxygen atoms in total. The second-order valence-corrected chi connectivity index (χ2v) is 5.54. The minimum Gasteiger partial charge on any atom is -0.492 e. The predicted molar refractivity (Wildman–Crippen MR) is 78.2 cm³/mol. The zero-order chi connectivity index (χ0) is 14.1. The van der Waals surface area contributed by atoms with Crippen molar-refractivity contribution in [1.29, 1.82) is 0 Å². The number of hydrogen-bond acceptors (Lipinski definition) is 5. The van der Waals surface area contributed by atoms with Crippen molar-refractivity contribution in [2.24, 2.45) is 0 Å². The molecular formula is C13H11ClN4OS. The van der Waals surface area contributed by atoms with Gasteiger partial charge in [0.05, 0.1) is 5.69 Å². The fraction of sp³-hybridized carbons (Fsp3) is 0.154. The third-order valence-electron chi connectivity index (χ3n) is 2.76. The SMILES string of the molecule is Cc1nc2nc(SCc3ccccc3)nn2c(O)c1Cl. The molecular weight excluding hydrogens is 296 g/mol. The lowest BCUT2D eigenvalue weighted by molar-refractivity contribution is 0.433. The highest BCUT2D eigenvalue weighted by Crippen LogP contribution is 2.27. The van der Waals surface area contributed by atoms with Crippen LogP contribution in [0.25, 0.3) is 5.78 Å². The molecule has 3 aromatic rings. The number of thioether (sulfide) groups is 1. The molecule has 0 aliphatic rings. The van der Waals surface area contributed by atoms with Crippen molar-refractivity contribution in [1.82, 2.24) is 19.6 Å². The van der Waals surface area contributed by atoms with Crippen LogP contribution in [0.3, 0.4) is 0 Å². The van der Waals surface area contributed by atoms with Crippen LogP contribution in [0.2, 0.25) is 5.02 Å². The van der Waals surface area contributed by atoms with Crippen molar-refractivity contribution in [3.05, 3.63) is 46.6 Å². The first kappa shape index (κ1) is 13.2. The maximum Gasteiger partial charge on any atom is 0.256 e. The van der Waals surface area contributed by atoms with Crippen LogP contribution in [-0.4, -0.2) is 24.7 Å². The summed E-state index contributed by atoms with van der Waals surface area (Å²) in [6.45, 7) is 1.72. The highest BCUT2D eigenvalue weighted by Gasteiger charge is 2.14. The Hall–Kier alpha value is -1.79. The molecule has 0 atom stereocenters. The van der Waals surface area contributed by atoms with Gasteiger partial charge in [-0.2, -0.15) is 9.50 Å². The van der Waals surface area contributed by atoms with Gasteiger partial charge in [0, 0.05) is 5.75 Å². The summed E-state index contributed by atoms with van der Waals surface area (Å²) >= 11 is 7.41. The molecule has 3 rings (SSSR count). The average Bonchev–Trinajstić information content (AvgIpc) is 2.87. The van der Waals surface area contributed by atoms with Gasteiger partial charge < -0.3 is 5.11 Å². The summed E-state index contributed by atoms with van der Waals surface area (Å²) in [7, 11) is 0. The van der Waals surface area contributed by atoms with E-state index in [0.717, 1.165) is 5.75 Å². The van der Waals surface area contributed by atoms with Gasteiger partial charge >= 0.3 is 0 Å². The minimum absolute atomic E-state index is 0.131. The molecule has 0 spiro atoms. The average molecular weight is 307 g/mol. The fourth-order valence-electron chi connectivity index (χ4n) is 1.74. The third kappa shape index (κ3) is 2.44. The third-order valence-corrected chi connectivity index (χ3v) is 4.12. The molecule has 2 heterocycles. The van der Waals surface area contributed by atoms with E-state index in [0.29, 0.717) is 16.6 Å². The van der Waals surface area contributed by atoms with Crippen LogP contribution in [-0.2, 0) is 5.75 Å².